The van der Waals surface area contributed by atoms with Crippen molar-refractivity contribution in [1.82, 2.24) is 4.98 Å². The Labute approximate surface area is 156 Å². The Kier molecular flexibility index (Phi) is 5.68. The maximum Gasteiger partial charge on any atom is 0.260 e. The molecule has 3 rings (SSSR count). The van der Waals surface area contributed by atoms with Crippen LogP contribution in [-0.2, 0) is 0 Å². The number of rotatable bonds is 6. The van der Waals surface area contributed by atoms with Crippen LogP contribution in [-0.4, -0.2) is 23.7 Å². The summed E-state index contributed by atoms with van der Waals surface area (Å²) in [5, 5.41) is 2.66. The average Bonchev–Trinajstić information content (AvgIpc) is 3.16. The zero-order chi connectivity index (χ0) is 17.6. The zero-order valence-electron chi connectivity index (χ0n) is 13.9. The van der Waals surface area contributed by atoms with E-state index in [1.54, 1.807) is 22.7 Å². The fraction of sp³-hybridized carbons (Fsp3) is 0.100. The third kappa shape index (κ3) is 4.00. The first-order valence-electron chi connectivity index (χ1n) is 7.80. The molecule has 3 nitrogen and oxygen atoms in total. The molecule has 0 saturated heterocycles. The Morgan fingerprint density at radius 1 is 1.20 bits per heavy atom. The minimum atomic E-state index is -0.0680. The Hall–Kier alpha value is -2.37. The van der Waals surface area contributed by atoms with E-state index in [-0.39, 0.29) is 5.91 Å². The highest BCUT2D eigenvalue weighted by molar-refractivity contribution is 7.98. The summed E-state index contributed by atoms with van der Waals surface area (Å²) >= 11 is 3.12. The number of amides is 1. The van der Waals surface area contributed by atoms with E-state index < -0.39 is 0 Å². The molecule has 3 aromatic rings. The summed E-state index contributed by atoms with van der Waals surface area (Å²) in [4.78, 5) is 20.4. The summed E-state index contributed by atoms with van der Waals surface area (Å²) in [5.74, 6) is -0.0680. The zero-order valence-corrected chi connectivity index (χ0v) is 15.5. The maximum atomic E-state index is 12.9. The van der Waals surface area contributed by atoms with E-state index in [0.29, 0.717) is 17.2 Å². The lowest BCUT2D eigenvalue weighted by molar-refractivity contribution is 0.0989. The number of hydrogen-bond donors (Lipinski definition) is 0. The van der Waals surface area contributed by atoms with Crippen molar-refractivity contribution >= 4 is 34.1 Å². The predicted octanol–water partition coefficient (Wildman–Crippen LogP) is 5.36. The summed E-state index contributed by atoms with van der Waals surface area (Å²) in [6.07, 6.45) is 3.74. The topological polar surface area (TPSA) is 33.2 Å². The maximum absolute atomic E-state index is 12.9. The molecule has 0 saturated carbocycles. The summed E-state index contributed by atoms with van der Waals surface area (Å²) in [7, 11) is 0. The first kappa shape index (κ1) is 17.5. The fourth-order valence-corrected chi connectivity index (χ4v) is 3.65. The molecule has 0 aliphatic carbocycles. The Morgan fingerprint density at radius 2 is 1.92 bits per heavy atom. The van der Waals surface area contributed by atoms with Crippen LogP contribution >= 0.6 is 23.1 Å². The number of carbonyl (C=O) groups excluding carboxylic acids is 1. The lowest BCUT2D eigenvalue weighted by Crippen LogP contribution is -2.30. The molecule has 1 aromatic heterocycles. The van der Waals surface area contributed by atoms with E-state index >= 15 is 0 Å². The molecular weight excluding hydrogens is 348 g/mol. The van der Waals surface area contributed by atoms with Crippen molar-refractivity contribution in [2.75, 3.05) is 17.7 Å². The first-order chi connectivity index (χ1) is 12.2. The van der Waals surface area contributed by atoms with Gasteiger partial charge in [0.25, 0.3) is 5.91 Å². The molecule has 0 aliphatic rings. The monoisotopic (exact) mass is 366 g/mol. The minimum absolute atomic E-state index is 0.0680. The van der Waals surface area contributed by atoms with Crippen molar-refractivity contribution in [3.63, 3.8) is 0 Å². The predicted molar refractivity (Wildman–Crippen MR) is 108 cm³/mol. The highest BCUT2D eigenvalue weighted by atomic mass is 32.2. The van der Waals surface area contributed by atoms with Gasteiger partial charge in [0.2, 0.25) is 0 Å². The van der Waals surface area contributed by atoms with Crippen LogP contribution in [0.5, 0.6) is 0 Å². The van der Waals surface area contributed by atoms with E-state index in [0.717, 1.165) is 16.2 Å². The highest BCUT2D eigenvalue weighted by Crippen LogP contribution is 2.28. The number of thioether (sulfide) groups is 1. The third-order valence-electron chi connectivity index (χ3n) is 3.69. The molecule has 0 N–H and O–H groups in total. The molecule has 1 heterocycles. The molecule has 2 aromatic carbocycles. The standard InChI is InChI=1S/C20H18N2OS2/c1-3-13-22(19(23)16-9-11-17(24-2)12-10-16)20-21-18(14-25-20)15-7-5-4-6-8-15/h3-12,14H,1,13H2,2H3. The summed E-state index contributed by atoms with van der Waals surface area (Å²) in [6.45, 7) is 4.20. The molecule has 0 spiro atoms. The molecule has 1 amide bonds. The van der Waals surface area contributed by atoms with Crippen LogP contribution in [0.1, 0.15) is 10.4 Å². The van der Waals surface area contributed by atoms with Crippen LogP contribution in [0.15, 0.2) is 77.5 Å². The fourth-order valence-electron chi connectivity index (χ4n) is 2.40. The second kappa shape index (κ2) is 8.14. The lowest BCUT2D eigenvalue weighted by atomic mass is 10.2. The Balaban J connectivity index is 1.89. The van der Waals surface area contributed by atoms with Gasteiger partial charge in [-0.25, -0.2) is 4.98 Å². The normalized spacial score (nSPS) is 10.4. The molecule has 0 bridgehead atoms. The first-order valence-corrected chi connectivity index (χ1v) is 9.91. The van der Waals surface area contributed by atoms with Crippen LogP contribution in [0.2, 0.25) is 0 Å². The van der Waals surface area contributed by atoms with Gasteiger partial charge in [0.05, 0.1) is 5.69 Å². The van der Waals surface area contributed by atoms with Crippen molar-refractivity contribution in [2.24, 2.45) is 0 Å². The van der Waals surface area contributed by atoms with E-state index in [4.69, 9.17) is 0 Å². The van der Waals surface area contributed by atoms with Crippen molar-refractivity contribution in [2.45, 2.75) is 4.90 Å². The molecule has 0 unspecified atom stereocenters. The molecule has 0 radical (unpaired) electrons. The largest absolute Gasteiger partial charge is 0.280 e. The van der Waals surface area contributed by atoms with Crippen LogP contribution in [0.25, 0.3) is 11.3 Å². The van der Waals surface area contributed by atoms with Gasteiger partial charge in [0.1, 0.15) is 0 Å². The van der Waals surface area contributed by atoms with Gasteiger partial charge < -0.3 is 0 Å². The number of nitrogens with zero attached hydrogens (tertiary/aromatic N) is 2. The van der Waals surface area contributed by atoms with Gasteiger partial charge in [-0.2, -0.15) is 0 Å². The van der Waals surface area contributed by atoms with Crippen LogP contribution in [0.4, 0.5) is 5.13 Å². The highest BCUT2D eigenvalue weighted by Gasteiger charge is 2.20. The van der Waals surface area contributed by atoms with E-state index in [2.05, 4.69) is 11.6 Å². The SMILES string of the molecule is C=CCN(C(=O)c1ccc(SC)cc1)c1nc(-c2ccccc2)cs1. The van der Waals surface area contributed by atoms with Gasteiger partial charge in [0.15, 0.2) is 5.13 Å². The van der Waals surface area contributed by atoms with Crippen molar-refractivity contribution in [3.8, 4) is 11.3 Å². The van der Waals surface area contributed by atoms with Crippen LogP contribution < -0.4 is 4.90 Å². The van der Waals surface area contributed by atoms with Gasteiger partial charge in [0, 0.05) is 27.9 Å². The van der Waals surface area contributed by atoms with Crippen molar-refractivity contribution in [3.05, 3.63) is 78.2 Å². The van der Waals surface area contributed by atoms with E-state index in [1.165, 1.54) is 11.3 Å². The molecular formula is C20H18N2OS2. The Morgan fingerprint density at radius 3 is 2.56 bits per heavy atom. The summed E-state index contributed by atoms with van der Waals surface area (Å²) in [5.41, 5.74) is 2.57. The van der Waals surface area contributed by atoms with Gasteiger partial charge >= 0.3 is 0 Å². The van der Waals surface area contributed by atoms with Gasteiger partial charge in [-0.05, 0) is 30.5 Å². The van der Waals surface area contributed by atoms with E-state index in [1.807, 2.05) is 66.2 Å². The number of carbonyl (C=O) groups is 1. The molecule has 0 atom stereocenters. The molecule has 0 fully saturated rings. The average molecular weight is 367 g/mol. The summed E-state index contributed by atoms with van der Waals surface area (Å²) in [6, 6.07) is 17.6. The third-order valence-corrected chi connectivity index (χ3v) is 5.29. The smallest absolute Gasteiger partial charge is 0.260 e. The Bertz CT molecular complexity index is 857. The second-order valence-electron chi connectivity index (χ2n) is 5.31. The second-order valence-corrected chi connectivity index (χ2v) is 7.03. The van der Waals surface area contributed by atoms with Crippen LogP contribution in [0, 0.1) is 0 Å². The molecule has 25 heavy (non-hydrogen) atoms. The van der Waals surface area contributed by atoms with Gasteiger partial charge in [-0.3, -0.25) is 9.69 Å². The van der Waals surface area contributed by atoms with Crippen LogP contribution in [0.3, 0.4) is 0 Å². The van der Waals surface area contributed by atoms with Gasteiger partial charge in [-0.15, -0.1) is 29.7 Å². The number of aromatic nitrogens is 1. The van der Waals surface area contributed by atoms with Gasteiger partial charge in [-0.1, -0.05) is 36.4 Å². The molecule has 5 heteroatoms. The quantitative estimate of drug-likeness (QED) is 0.435. The summed E-state index contributed by atoms with van der Waals surface area (Å²) < 4.78 is 0. The molecule has 0 aliphatic heterocycles. The molecule has 126 valence electrons. The number of benzene rings is 2. The van der Waals surface area contributed by atoms with Crippen molar-refractivity contribution in [1.29, 1.82) is 0 Å². The number of anilines is 1. The number of thiazole rings is 1. The minimum Gasteiger partial charge on any atom is -0.280 e. The number of hydrogen-bond acceptors (Lipinski definition) is 4. The van der Waals surface area contributed by atoms with Crippen molar-refractivity contribution < 1.29 is 4.79 Å². The lowest BCUT2D eigenvalue weighted by Gasteiger charge is -2.18. The van der Waals surface area contributed by atoms with E-state index in [9.17, 15) is 4.79 Å².